The predicted molar refractivity (Wildman–Crippen MR) is 205 cm³/mol. The Bertz CT molecular complexity index is 2380. The molecule has 0 radical (unpaired) electrons. The number of anilines is 3. The average Bonchev–Trinajstić information content (AvgIpc) is 3.95. The van der Waals surface area contributed by atoms with Gasteiger partial charge in [-0.05, 0) is 78.6 Å². The van der Waals surface area contributed by atoms with Crippen molar-refractivity contribution < 1.29 is 9.59 Å². The predicted octanol–water partition coefficient (Wildman–Crippen LogP) is 6.34. The van der Waals surface area contributed by atoms with Gasteiger partial charge in [-0.15, -0.1) is 10.2 Å². The van der Waals surface area contributed by atoms with Gasteiger partial charge < -0.3 is 15.5 Å². The number of amides is 2. The molecule has 0 bridgehead atoms. The highest BCUT2D eigenvalue weighted by atomic mass is 32.2. The Morgan fingerprint density at radius 3 is 2.57 bits per heavy atom. The molecule has 5 heterocycles. The molecule has 0 saturated carbocycles. The van der Waals surface area contributed by atoms with Gasteiger partial charge in [0.15, 0.2) is 16.6 Å². The lowest BCUT2D eigenvalue weighted by atomic mass is 9.98. The highest BCUT2D eigenvalue weighted by Gasteiger charge is 2.31. The number of thioether (sulfide) groups is 1. The number of pyridine rings is 1. The van der Waals surface area contributed by atoms with Gasteiger partial charge >= 0.3 is 0 Å². The van der Waals surface area contributed by atoms with Gasteiger partial charge in [-0.25, -0.2) is 9.97 Å². The molecular formula is C39H35N11O2S. The standard InChI is InChI=1S/C39H35N11O2S/c1-2-25-7-13-30(14-8-25)50-36(26-15-18-40-19-16-26)47-48-39(50)53-23-34(51)45-29-11-9-27(10-12-29)38(52)41-20-17-28-22-49(33-6-4-3-5-31(28)33)37-32-21-44-46-35(32)42-24-43-37/h3-16,18-19,21,24,28H,2,17,20,22-23H2,1H3,(H,41,52)(H,45,51)(H,42,43,44,46). The molecule has 2 amide bonds. The van der Waals surface area contributed by atoms with Crippen molar-refractivity contribution in [3.05, 3.63) is 127 Å². The van der Waals surface area contributed by atoms with Crippen LogP contribution in [-0.4, -0.2) is 70.6 Å². The summed E-state index contributed by atoms with van der Waals surface area (Å²) in [5.74, 6) is 1.43. The molecular weight excluding hydrogens is 687 g/mol. The molecule has 14 heteroatoms. The molecule has 53 heavy (non-hydrogen) atoms. The molecule has 8 rings (SSSR count). The Labute approximate surface area is 309 Å². The number of nitrogens with one attached hydrogen (secondary N) is 3. The summed E-state index contributed by atoms with van der Waals surface area (Å²) < 4.78 is 1.96. The van der Waals surface area contributed by atoms with E-state index in [9.17, 15) is 9.59 Å². The first-order chi connectivity index (χ1) is 26.1. The third-order valence-electron chi connectivity index (χ3n) is 9.27. The van der Waals surface area contributed by atoms with E-state index in [-0.39, 0.29) is 23.5 Å². The van der Waals surface area contributed by atoms with Crippen molar-refractivity contribution in [3.63, 3.8) is 0 Å². The zero-order valence-corrected chi connectivity index (χ0v) is 29.6. The van der Waals surface area contributed by atoms with Crippen LogP contribution in [-0.2, 0) is 11.2 Å². The first kappa shape index (κ1) is 33.7. The lowest BCUT2D eigenvalue weighted by molar-refractivity contribution is -0.113. The number of carbonyl (C=O) groups is 2. The second kappa shape index (κ2) is 15.1. The number of hydrogen-bond acceptors (Lipinski definition) is 10. The SMILES string of the molecule is CCc1ccc(-n2c(SCC(=O)Nc3ccc(C(=O)NCCC4CN(c5ncnc6[nH]ncc56)c5ccccc54)cc3)nnc2-c2ccncc2)cc1. The van der Waals surface area contributed by atoms with Crippen molar-refractivity contribution in [2.24, 2.45) is 0 Å². The number of aryl methyl sites for hydroxylation is 1. The molecule has 0 aliphatic carbocycles. The van der Waals surface area contributed by atoms with E-state index in [1.54, 1.807) is 49.2 Å². The van der Waals surface area contributed by atoms with E-state index in [0.29, 0.717) is 34.4 Å². The van der Waals surface area contributed by atoms with Crippen molar-refractivity contribution in [3.8, 4) is 17.1 Å². The molecule has 13 nitrogen and oxygen atoms in total. The van der Waals surface area contributed by atoms with Gasteiger partial charge in [-0.3, -0.25) is 24.2 Å². The summed E-state index contributed by atoms with van der Waals surface area (Å²) in [5, 5.41) is 23.4. The van der Waals surface area contributed by atoms with Crippen LogP contribution in [0.5, 0.6) is 0 Å². The third-order valence-corrected chi connectivity index (χ3v) is 10.2. The van der Waals surface area contributed by atoms with Crippen molar-refractivity contribution in [2.45, 2.75) is 30.8 Å². The highest BCUT2D eigenvalue weighted by Crippen LogP contribution is 2.42. The Morgan fingerprint density at radius 1 is 0.943 bits per heavy atom. The first-order valence-electron chi connectivity index (χ1n) is 17.3. The van der Waals surface area contributed by atoms with Crippen LogP contribution in [0, 0.1) is 0 Å². The van der Waals surface area contributed by atoms with Crippen LogP contribution in [0.25, 0.3) is 28.1 Å². The second-order valence-electron chi connectivity index (χ2n) is 12.6. The Morgan fingerprint density at radius 2 is 1.75 bits per heavy atom. The minimum Gasteiger partial charge on any atom is -0.352 e. The van der Waals surface area contributed by atoms with Crippen LogP contribution in [0.3, 0.4) is 0 Å². The summed E-state index contributed by atoms with van der Waals surface area (Å²) in [4.78, 5) is 41.3. The van der Waals surface area contributed by atoms with Gasteiger partial charge in [-0.2, -0.15) is 5.10 Å². The Hall–Kier alpha value is -6.41. The number of aromatic nitrogens is 8. The number of para-hydroxylation sites is 1. The van der Waals surface area contributed by atoms with E-state index in [2.05, 4.69) is 82.1 Å². The van der Waals surface area contributed by atoms with Crippen molar-refractivity contribution in [2.75, 3.05) is 29.1 Å². The molecule has 3 N–H and O–H groups in total. The van der Waals surface area contributed by atoms with Crippen LogP contribution in [0.1, 0.15) is 40.7 Å². The number of fused-ring (bicyclic) bond motifs is 2. The summed E-state index contributed by atoms with van der Waals surface area (Å²) in [7, 11) is 0. The van der Waals surface area contributed by atoms with Crippen LogP contribution in [0.4, 0.5) is 17.2 Å². The maximum Gasteiger partial charge on any atom is 0.251 e. The molecule has 1 aliphatic heterocycles. The Balaban J connectivity index is 0.864. The fourth-order valence-corrected chi connectivity index (χ4v) is 7.32. The van der Waals surface area contributed by atoms with Gasteiger partial charge in [0, 0.05) is 59.6 Å². The van der Waals surface area contributed by atoms with Gasteiger partial charge in [0.2, 0.25) is 5.91 Å². The fourth-order valence-electron chi connectivity index (χ4n) is 6.57. The van der Waals surface area contributed by atoms with E-state index in [4.69, 9.17) is 0 Å². The van der Waals surface area contributed by atoms with Gasteiger partial charge in [0.1, 0.15) is 12.1 Å². The number of benzene rings is 3. The zero-order valence-electron chi connectivity index (χ0n) is 28.8. The third kappa shape index (κ3) is 7.08. The van der Waals surface area contributed by atoms with Crippen molar-refractivity contribution >= 4 is 51.8 Å². The topological polar surface area (TPSA) is 160 Å². The smallest absolute Gasteiger partial charge is 0.251 e. The minimum absolute atomic E-state index is 0.121. The molecule has 1 unspecified atom stereocenters. The zero-order chi connectivity index (χ0) is 36.1. The van der Waals surface area contributed by atoms with E-state index in [1.807, 2.05) is 41.0 Å². The monoisotopic (exact) mass is 721 g/mol. The highest BCUT2D eigenvalue weighted by molar-refractivity contribution is 7.99. The summed E-state index contributed by atoms with van der Waals surface area (Å²) in [6.45, 7) is 3.35. The van der Waals surface area contributed by atoms with Crippen LogP contribution in [0.15, 0.2) is 115 Å². The van der Waals surface area contributed by atoms with Crippen LogP contribution >= 0.6 is 11.8 Å². The molecule has 3 aromatic carbocycles. The summed E-state index contributed by atoms with van der Waals surface area (Å²) in [6, 6.07) is 27.2. The van der Waals surface area contributed by atoms with E-state index < -0.39 is 0 Å². The number of hydrogen-bond donors (Lipinski definition) is 3. The number of H-pyrrole nitrogens is 1. The largest absolute Gasteiger partial charge is 0.352 e. The lowest BCUT2D eigenvalue weighted by Crippen LogP contribution is -2.26. The number of nitrogens with zero attached hydrogens (tertiary/aromatic N) is 8. The fraction of sp³-hybridized carbons (Fsp3) is 0.179. The number of rotatable bonds is 12. The molecule has 0 spiro atoms. The maximum absolute atomic E-state index is 13.1. The van der Waals surface area contributed by atoms with Crippen LogP contribution < -0.4 is 15.5 Å². The van der Waals surface area contributed by atoms with E-state index >= 15 is 0 Å². The minimum atomic E-state index is -0.199. The van der Waals surface area contributed by atoms with Crippen molar-refractivity contribution in [1.29, 1.82) is 0 Å². The summed E-state index contributed by atoms with van der Waals surface area (Å²) >= 11 is 1.30. The lowest BCUT2D eigenvalue weighted by Gasteiger charge is -2.19. The molecule has 0 fully saturated rings. The molecule has 1 atom stereocenters. The first-order valence-corrected chi connectivity index (χ1v) is 18.3. The second-order valence-corrected chi connectivity index (χ2v) is 13.5. The van der Waals surface area contributed by atoms with Gasteiger partial charge in [0.25, 0.3) is 5.91 Å². The Kier molecular flexibility index (Phi) is 9.58. The van der Waals surface area contributed by atoms with Crippen molar-refractivity contribution in [1.82, 2.24) is 45.2 Å². The van der Waals surface area contributed by atoms with Crippen LogP contribution in [0.2, 0.25) is 0 Å². The molecule has 7 aromatic rings. The average molecular weight is 722 g/mol. The van der Waals surface area contributed by atoms with E-state index in [0.717, 1.165) is 47.5 Å². The van der Waals surface area contributed by atoms with Gasteiger partial charge in [-0.1, -0.05) is 49.0 Å². The number of carbonyl (C=O) groups excluding carboxylic acids is 2. The molecule has 4 aromatic heterocycles. The summed E-state index contributed by atoms with van der Waals surface area (Å²) in [6.07, 6.45) is 8.42. The van der Waals surface area contributed by atoms with Gasteiger partial charge in [0.05, 0.1) is 17.3 Å². The molecule has 1 aliphatic rings. The van der Waals surface area contributed by atoms with E-state index in [1.165, 1.54) is 22.9 Å². The maximum atomic E-state index is 13.1. The summed E-state index contributed by atoms with van der Waals surface area (Å²) in [5.41, 5.74) is 7.12. The normalized spacial score (nSPS) is 13.6. The quantitative estimate of drug-likeness (QED) is 0.122. The number of aromatic amines is 1. The molecule has 264 valence electrons. The molecule has 0 saturated heterocycles.